The van der Waals surface area contributed by atoms with Gasteiger partial charge in [-0.2, -0.15) is 0 Å². The number of allylic oxidation sites excluding steroid dienone is 3. The maximum Gasteiger partial charge on any atom is 0.257 e. The number of halogens is 2. The highest BCUT2D eigenvalue weighted by Crippen LogP contribution is 2.34. The van der Waals surface area contributed by atoms with Gasteiger partial charge in [0.25, 0.3) is 5.91 Å². The third-order valence-electron chi connectivity index (χ3n) is 5.19. The molecule has 4 rings (SSSR count). The van der Waals surface area contributed by atoms with Crippen molar-refractivity contribution < 1.29 is 4.79 Å². The number of carbonyl (C=O) groups is 1. The summed E-state index contributed by atoms with van der Waals surface area (Å²) < 4.78 is 0. The van der Waals surface area contributed by atoms with E-state index in [0.717, 1.165) is 40.9 Å². The molecule has 0 spiro atoms. The Morgan fingerprint density at radius 2 is 1.91 bits per heavy atom. The van der Waals surface area contributed by atoms with Gasteiger partial charge in [-0.1, -0.05) is 53.6 Å². The van der Waals surface area contributed by atoms with Crippen molar-refractivity contribution in [1.82, 2.24) is 9.88 Å². The Hall–Kier alpha value is -2.92. The lowest BCUT2D eigenvalue weighted by molar-refractivity contribution is 0.102. The molecule has 162 valence electrons. The van der Waals surface area contributed by atoms with Crippen LogP contribution in [-0.2, 0) is 13.0 Å². The molecule has 32 heavy (non-hydrogen) atoms. The van der Waals surface area contributed by atoms with E-state index in [0.29, 0.717) is 21.3 Å². The van der Waals surface area contributed by atoms with Crippen molar-refractivity contribution >= 4 is 40.9 Å². The number of nitrogens with zero attached hydrogens (tertiary/aromatic N) is 2. The van der Waals surface area contributed by atoms with Crippen molar-refractivity contribution in [3.63, 3.8) is 0 Å². The van der Waals surface area contributed by atoms with Gasteiger partial charge in [0.1, 0.15) is 0 Å². The van der Waals surface area contributed by atoms with E-state index in [1.54, 1.807) is 24.4 Å². The molecule has 1 N–H and O–H groups in total. The number of aromatic nitrogens is 1. The average molecular weight is 464 g/mol. The van der Waals surface area contributed by atoms with Crippen molar-refractivity contribution in [2.75, 3.05) is 19.4 Å². The maximum atomic E-state index is 12.9. The van der Waals surface area contributed by atoms with Gasteiger partial charge in [-0.25, -0.2) is 0 Å². The second-order valence-corrected chi connectivity index (χ2v) is 8.73. The predicted molar refractivity (Wildman–Crippen MR) is 133 cm³/mol. The lowest BCUT2D eigenvalue weighted by atomic mass is 9.98. The second kappa shape index (κ2) is 9.70. The molecular formula is C26H23Cl2N3O. The average Bonchev–Trinajstić information content (AvgIpc) is 3.00. The zero-order valence-corrected chi connectivity index (χ0v) is 19.4. The minimum absolute atomic E-state index is 0.273. The van der Waals surface area contributed by atoms with Crippen molar-refractivity contribution in [1.29, 1.82) is 0 Å². The third-order valence-corrected chi connectivity index (χ3v) is 5.84. The molecule has 1 aromatic heterocycles. The number of hydrogen-bond donors (Lipinski definition) is 1. The standard InChI is InChI=1S/C26H23Cl2N3O/c1-31(2)16-17-8-10-21(24(28)14-17)26(32)30-19-9-11-23(27)22(15-19)25-20-7-5-3-4-6-18(20)12-13-29-25/h3-6,8-15H,7,16H2,1-2H3,(H,30,32). The summed E-state index contributed by atoms with van der Waals surface area (Å²) in [6.45, 7) is 0.751. The molecule has 4 nitrogen and oxygen atoms in total. The minimum atomic E-state index is -0.273. The van der Waals surface area contributed by atoms with Crippen LogP contribution in [-0.4, -0.2) is 29.9 Å². The Labute approximate surface area is 198 Å². The molecule has 0 bridgehead atoms. The number of rotatable bonds is 5. The van der Waals surface area contributed by atoms with Crippen LogP contribution in [0.25, 0.3) is 17.3 Å². The molecule has 1 amide bonds. The molecule has 0 fully saturated rings. The van der Waals surface area contributed by atoms with E-state index in [2.05, 4.69) is 22.5 Å². The van der Waals surface area contributed by atoms with Gasteiger partial charge < -0.3 is 10.2 Å². The Morgan fingerprint density at radius 3 is 2.69 bits per heavy atom. The molecule has 1 aliphatic rings. The van der Waals surface area contributed by atoms with E-state index in [1.807, 2.05) is 55.4 Å². The summed E-state index contributed by atoms with van der Waals surface area (Å²) in [7, 11) is 3.97. The number of carbonyl (C=O) groups excluding carboxylic acids is 1. The van der Waals surface area contributed by atoms with Crippen molar-refractivity contribution in [3.8, 4) is 11.3 Å². The summed E-state index contributed by atoms with van der Waals surface area (Å²) >= 11 is 12.9. The Kier molecular flexibility index (Phi) is 6.75. The predicted octanol–water partition coefficient (Wildman–Crippen LogP) is 6.49. The first kappa shape index (κ1) is 22.3. The Morgan fingerprint density at radius 1 is 1.06 bits per heavy atom. The van der Waals surface area contributed by atoms with Crippen LogP contribution in [0.15, 0.2) is 66.9 Å². The smallest absolute Gasteiger partial charge is 0.257 e. The zero-order chi connectivity index (χ0) is 22.7. The number of anilines is 1. The normalized spacial score (nSPS) is 12.5. The molecule has 1 aliphatic carbocycles. The van der Waals surface area contributed by atoms with Gasteiger partial charge in [-0.3, -0.25) is 9.78 Å². The fourth-order valence-electron chi connectivity index (χ4n) is 3.72. The molecule has 0 radical (unpaired) electrons. The van der Waals surface area contributed by atoms with Crippen LogP contribution in [0.4, 0.5) is 5.69 Å². The van der Waals surface area contributed by atoms with Crippen LogP contribution < -0.4 is 5.32 Å². The first-order valence-electron chi connectivity index (χ1n) is 10.3. The fraction of sp³-hybridized carbons (Fsp3) is 0.154. The highest BCUT2D eigenvalue weighted by atomic mass is 35.5. The molecule has 0 aliphatic heterocycles. The lowest BCUT2D eigenvalue weighted by Crippen LogP contribution is -2.14. The van der Waals surface area contributed by atoms with Gasteiger partial charge in [0, 0.05) is 24.0 Å². The first-order valence-corrected chi connectivity index (χ1v) is 11.0. The van der Waals surface area contributed by atoms with Crippen molar-refractivity contribution in [2.24, 2.45) is 0 Å². The molecule has 0 saturated carbocycles. The number of amides is 1. The van der Waals surface area contributed by atoms with Crippen LogP contribution in [0, 0.1) is 0 Å². The summed E-state index contributed by atoms with van der Waals surface area (Å²) in [4.78, 5) is 19.6. The lowest BCUT2D eigenvalue weighted by Gasteiger charge is -2.14. The number of hydrogen-bond acceptors (Lipinski definition) is 3. The van der Waals surface area contributed by atoms with Crippen LogP contribution in [0.5, 0.6) is 0 Å². The summed E-state index contributed by atoms with van der Waals surface area (Å²) in [5, 5.41) is 3.94. The van der Waals surface area contributed by atoms with Crippen LogP contribution in [0.3, 0.4) is 0 Å². The Balaban J connectivity index is 1.63. The summed E-state index contributed by atoms with van der Waals surface area (Å²) in [6.07, 6.45) is 10.7. The fourth-order valence-corrected chi connectivity index (χ4v) is 4.22. The largest absolute Gasteiger partial charge is 0.322 e. The van der Waals surface area contributed by atoms with E-state index < -0.39 is 0 Å². The highest BCUT2D eigenvalue weighted by molar-refractivity contribution is 6.35. The maximum absolute atomic E-state index is 12.9. The highest BCUT2D eigenvalue weighted by Gasteiger charge is 2.16. The number of benzene rings is 2. The molecular weight excluding hydrogens is 441 g/mol. The van der Waals surface area contributed by atoms with Gasteiger partial charge in [0.15, 0.2) is 0 Å². The first-order chi connectivity index (χ1) is 15.4. The van der Waals surface area contributed by atoms with Crippen molar-refractivity contribution in [3.05, 3.63) is 99.2 Å². The van der Waals surface area contributed by atoms with Gasteiger partial charge in [-0.05, 0) is 73.6 Å². The topological polar surface area (TPSA) is 45.2 Å². The monoisotopic (exact) mass is 463 g/mol. The van der Waals surface area contributed by atoms with Gasteiger partial charge in [-0.15, -0.1) is 0 Å². The summed E-state index contributed by atoms with van der Waals surface area (Å²) in [5.74, 6) is -0.273. The van der Waals surface area contributed by atoms with Gasteiger partial charge in [0.2, 0.25) is 0 Å². The third kappa shape index (κ3) is 4.94. The second-order valence-electron chi connectivity index (χ2n) is 7.92. The molecule has 3 aromatic rings. The van der Waals surface area contributed by atoms with Gasteiger partial charge in [0.05, 0.1) is 21.3 Å². The SMILES string of the molecule is CN(C)Cc1ccc(C(=O)Nc2ccc(Cl)c(-c3nccc4c3CC=CC=C4)c2)c(Cl)c1. The summed E-state index contributed by atoms with van der Waals surface area (Å²) in [6, 6.07) is 12.9. The molecule has 6 heteroatoms. The van der Waals surface area contributed by atoms with E-state index in [4.69, 9.17) is 23.2 Å². The van der Waals surface area contributed by atoms with Crippen LogP contribution in [0.2, 0.25) is 10.0 Å². The molecule has 0 saturated heterocycles. The van der Waals surface area contributed by atoms with Crippen LogP contribution >= 0.6 is 23.2 Å². The van der Waals surface area contributed by atoms with E-state index >= 15 is 0 Å². The molecule has 0 atom stereocenters. The molecule has 0 unspecified atom stereocenters. The molecule has 2 aromatic carbocycles. The zero-order valence-electron chi connectivity index (χ0n) is 17.9. The van der Waals surface area contributed by atoms with Crippen LogP contribution in [0.1, 0.15) is 27.0 Å². The summed E-state index contributed by atoms with van der Waals surface area (Å²) in [5.41, 5.74) is 5.89. The molecule has 1 heterocycles. The van der Waals surface area contributed by atoms with E-state index in [9.17, 15) is 4.79 Å². The number of nitrogens with one attached hydrogen (secondary N) is 1. The quantitative estimate of drug-likeness (QED) is 0.469. The Bertz CT molecular complexity index is 1230. The van der Waals surface area contributed by atoms with E-state index in [-0.39, 0.29) is 5.91 Å². The number of fused-ring (bicyclic) bond motifs is 1. The number of pyridine rings is 1. The van der Waals surface area contributed by atoms with E-state index in [1.165, 1.54) is 0 Å². The van der Waals surface area contributed by atoms with Gasteiger partial charge >= 0.3 is 0 Å². The minimum Gasteiger partial charge on any atom is -0.322 e. The van der Waals surface area contributed by atoms with Crippen molar-refractivity contribution in [2.45, 2.75) is 13.0 Å².